The van der Waals surface area contributed by atoms with Crippen molar-refractivity contribution < 1.29 is 19.7 Å². The van der Waals surface area contributed by atoms with Gasteiger partial charge in [-0.2, -0.15) is 0 Å². The molecule has 1 amide bonds. The second-order valence-electron chi connectivity index (χ2n) is 9.39. The van der Waals surface area contributed by atoms with Gasteiger partial charge in [0.05, 0.1) is 6.10 Å². The molecule has 0 aromatic heterocycles. The van der Waals surface area contributed by atoms with Crippen LogP contribution in [0.15, 0.2) is 72.8 Å². The average molecular weight is 460 g/mol. The summed E-state index contributed by atoms with van der Waals surface area (Å²) >= 11 is 0. The molecule has 0 fully saturated rings. The van der Waals surface area contributed by atoms with E-state index in [0.717, 1.165) is 17.5 Å². The third kappa shape index (κ3) is 5.49. The Bertz CT molecular complexity index is 1060. The number of hydrogen-bond acceptors (Lipinski definition) is 4. The Balaban J connectivity index is 1.25. The van der Waals surface area contributed by atoms with Crippen molar-refractivity contribution in [3.63, 3.8) is 0 Å². The molecular formula is C29H33NO4. The summed E-state index contributed by atoms with van der Waals surface area (Å²) in [6.07, 6.45) is -1.31. The molecule has 3 aromatic carbocycles. The van der Waals surface area contributed by atoms with Gasteiger partial charge in [-0.3, -0.25) is 0 Å². The van der Waals surface area contributed by atoms with Crippen LogP contribution in [0.4, 0.5) is 4.79 Å². The van der Waals surface area contributed by atoms with Gasteiger partial charge in [0.1, 0.15) is 12.7 Å². The Labute approximate surface area is 201 Å². The van der Waals surface area contributed by atoms with Crippen molar-refractivity contribution in [1.29, 1.82) is 0 Å². The molecule has 3 aromatic rings. The maximum atomic E-state index is 12.3. The van der Waals surface area contributed by atoms with Gasteiger partial charge in [0.15, 0.2) is 0 Å². The highest BCUT2D eigenvalue weighted by atomic mass is 16.5. The molecule has 178 valence electrons. The summed E-state index contributed by atoms with van der Waals surface area (Å²) in [7, 11) is 0. The Hall–Kier alpha value is -3.15. The van der Waals surface area contributed by atoms with Crippen molar-refractivity contribution in [2.75, 3.05) is 13.2 Å². The van der Waals surface area contributed by atoms with Gasteiger partial charge in [0, 0.05) is 12.5 Å². The number of amides is 1. The average Bonchev–Trinajstić information content (AvgIpc) is 3.16. The van der Waals surface area contributed by atoms with Crippen LogP contribution in [-0.2, 0) is 11.2 Å². The molecule has 3 N–H and O–H groups in total. The van der Waals surface area contributed by atoms with Crippen molar-refractivity contribution >= 4 is 6.09 Å². The second kappa shape index (κ2) is 10.9. The molecule has 2 atom stereocenters. The third-order valence-electron chi connectivity index (χ3n) is 6.38. The van der Waals surface area contributed by atoms with Crippen LogP contribution in [0.5, 0.6) is 0 Å². The zero-order valence-corrected chi connectivity index (χ0v) is 19.8. The van der Waals surface area contributed by atoms with Gasteiger partial charge in [-0.15, -0.1) is 0 Å². The van der Waals surface area contributed by atoms with E-state index in [4.69, 9.17) is 4.74 Å². The lowest BCUT2D eigenvalue weighted by Gasteiger charge is -2.19. The molecule has 0 saturated carbocycles. The standard InChI is InChI=1S/C29H33NO4/c1-19(2)17-20-11-13-21(14-12-20)28(32)27(31)15-16-30-29(33)34-18-26-24-9-5-3-7-22(24)23-8-4-6-10-25(23)26/h3-14,19,26-28,31-32H,15-18H2,1-2H3,(H,30,33). The topological polar surface area (TPSA) is 78.8 Å². The number of alkyl carbamates (subject to hydrolysis) is 1. The van der Waals surface area contributed by atoms with E-state index in [9.17, 15) is 15.0 Å². The molecule has 1 aliphatic rings. The zero-order valence-electron chi connectivity index (χ0n) is 19.8. The summed E-state index contributed by atoms with van der Waals surface area (Å²) in [5.74, 6) is 0.564. The van der Waals surface area contributed by atoms with Gasteiger partial charge < -0.3 is 20.3 Å². The van der Waals surface area contributed by atoms with Gasteiger partial charge in [-0.25, -0.2) is 4.79 Å². The Morgan fingerprint density at radius 3 is 2.09 bits per heavy atom. The maximum absolute atomic E-state index is 12.3. The zero-order chi connectivity index (χ0) is 24.1. The molecule has 0 radical (unpaired) electrons. The van der Waals surface area contributed by atoms with E-state index < -0.39 is 18.3 Å². The first-order chi connectivity index (χ1) is 16.4. The minimum Gasteiger partial charge on any atom is -0.449 e. The Morgan fingerprint density at radius 2 is 1.50 bits per heavy atom. The van der Waals surface area contributed by atoms with Gasteiger partial charge in [-0.05, 0) is 52.1 Å². The number of ether oxygens (including phenoxy) is 1. The lowest BCUT2D eigenvalue weighted by molar-refractivity contribution is 0.0136. The molecule has 4 rings (SSSR count). The molecule has 34 heavy (non-hydrogen) atoms. The molecule has 0 spiro atoms. The first-order valence-electron chi connectivity index (χ1n) is 12.0. The van der Waals surface area contributed by atoms with Gasteiger partial charge >= 0.3 is 6.09 Å². The molecule has 0 bridgehead atoms. The Morgan fingerprint density at radius 1 is 0.912 bits per heavy atom. The van der Waals surface area contributed by atoms with E-state index in [0.29, 0.717) is 11.5 Å². The number of aliphatic hydroxyl groups is 2. The predicted molar refractivity (Wildman–Crippen MR) is 134 cm³/mol. The van der Waals surface area contributed by atoms with Crippen LogP contribution in [0.3, 0.4) is 0 Å². The number of fused-ring (bicyclic) bond motifs is 3. The first kappa shape index (κ1) is 24.0. The van der Waals surface area contributed by atoms with Crippen LogP contribution in [0, 0.1) is 5.92 Å². The van der Waals surface area contributed by atoms with Crippen LogP contribution in [-0.4, -0.2) is 35.6 Å². The van der Waals surface area contributed by atoms with E-state index in [-0.39, 0.29) is 25.5 Å². The molecule has 0 saturated heterocycles. The maximum Gasteiger partial charge on any atom is 0.407 e. The molecule has 5 heteroatoms. The summed E-state index contributed by atoms with van der Waals surface area (Å²) in [5.41, 5.74) is 6.56. The normalized spacial score (nSPS) is 14.4. The summed E-state index contributed by atoms with van der Waals surface area (Å²) in [6.45, 7) is 4.78. The summed E-state index contributed by atoms with van der Waals surface area (Å²) < 4.78 is 5.52. The van der Waals surface area contributed by atoms with Crippen molar-refractivity contribution in [1.82, 2.24) is 5.32 Å². The first-order valence-corrected chi connectivity index (χ1v) is 12.0. The predicted octanol–water partition coefficient (Wildman–Crippen LogP) is 5.21. The summed E-state index contributed by atoms with van der Waals surface area (Å²) in [6, 6.07) is 24.1. The highest BCUT2D eigenvalue weighted by Gasteiger charge is 2.29. The lowest BCUT2D eigenvalue weighted by Crippen LogP contribution is -2.30. The van der Waals surface area contributed by atoms with E-state index in [1.165, 1.54) is 16.7 Å². The second-order valence-corrected chi connectivity index (χ2v) is 9.39. The van der Waals surface area contributed by atoms with Gasteiger partial charge in [0.2, 0.25) is 0 Å². The monoisotopic (exact) mass is 459 g/mol. The van der Waals surface area contributed by atoms with Gasteiger partial charge in [-0.1, -0.05) is 86.6 Å². The number of rotatable bonds is 9. The summed E-state index contributed by atoms with van der Waals surface area (Å²) in [5, 5.41) is 23.5. The van der Waals surface area contributed by atoms with Crippen molar-refractivity contribution in [2.24, 2.45) is 5.92 Å². The van der Waals surface area contributed by atoms with Crippen LogP contribution in [0.2, 0.25) is 0 Å². The fourth-order valence-corrected chi connectivity index (χ4v) is 4.67. The van der Waals surface area contributed by atoms with Crippen molar-refractivity contribution in [3.8, 4) is 11.1 Å². The largest absolute Gasteiger partial charge is 0.449 e. The molecule has 0 aliphatic heterocycles. The van der Waals surface area contributed by atoms with Crippen LogP contribution >= 0.6 is 0 Å². The molecule has 1 aliphatic carbocycles. The smallest absolute Gasteiger partial charge is 0.407 e. The van der Waals surface area contributed by atoms with E-state index >= 15 is 0 Å². The number of aliphatic hydroxyl groups excluding tert-OH is 2. The fraction of sp³-hybridized carbons (Fsp3) is 0.345. The third-order valence-corrected chi connectivity index (χ3v) is 6.38. The van der Waals surface area contributed by atoms with E-state index in [1.807, 2.05) is 48.5 Å². The molecule has 5 nitrogen and oxygen atoms in total. The number of benzene rings is 3. The minimum atomic E-state index is -1.00. The molecule has 0 heterocycles. The van der Waals surface area contributed by atoms with Gasteiger partial charge in [0.25, 0.3) is 0 Å². The highest BCUT2D eigenvalue weighted by molar-refractivity contribution is 5.79. The molecular weight excluding hydrogens is 426 g/mol. The van der Waals surface area contributed by atoms with Crippen LogP contribution in [0.25, 0.3) is 11.1 Å². The Kier molecular flexibility index (Phi) is 7.66. The molecule has 2 unspecified atom stereocenters. The van der Waals surface area contributed by atoms with Crippen molar-refractivity contribution in [2.45, 2.75) is 44.8 Å². The lowest BCUT2D eigenvalue weighted by atomic mass is 9.97. The fourth-order valence-electron chi connectivity index (χ4n) is 4.67. The summed E-state index contributed by atoms with van der Waals surface area (Å²) in [4.78, 5) is 12.3. The number of carbonyl (C=O) groups excluding carboxylic acids is 1. The quantitative estimate of drug-likeness (QED) is 0.411. The minimum absolute atomic E-state index is 0.00392. The van der Waals surface area contributed by atoms with E-state index in [1.54, 1.807) is 0 Å². The van der Waals surface area contributed by atoms with E-state index in [2.05, 4.69) is 43.4 Å². The number of hydrogen-bond donors (Lipinski definition) is 3. The van der Waals surface area contributed by atoms with Crippen LogP contribution < -0.4 is 5.32 Å². The van der Waals surface area contributed by atoms with Crippen molar-refractivity contribution in [3.05, 3.63) is 95.1 Å². The SMILES string of the molecule is CC(C)Cc1ccc(C(O)C(O)CCNC(=O)OCC2c3ccccc3-c3ccccc32)cc1. The highest BCUT2D eigenvalue weighted by Crippen LogP contribution is 2.44. The van der Waals surface area contributed by atoms with Crippen LogP contribution in [0.1, 0.15) is 54.5 Å². The number of carbonyl (C=O) groups is 1. The number of nitrogens with one attached hydrogen (secondary N) is 1.